The van der Waals surface area contributed by atoms with Gasteiger partial charge in [0.1, 0.15) is 0 Å². The molecule has 4 heteroatoms. The van der Waals surface area contributed by atoms with E-state index in [9.17, 15) is 4.79 Å². The number of fused-ring (bicyclic) bond motifs is 1. The first-order valence-corrected chi connectivity index (χ1v) is 6.23. The second-order valence-electron chi connectivity index (χ2n) is 4.20. The fourth-order valence-corrected chi connectivity index (χ4v) is 2.55. The first kappa shape index (κ1) is 11.6. The maximum absolute atomic E-state index is 10.7. The van der Waals surface area contributed by atoms with Gasteiger partial charge in [0.05, 0.1) is 6.54 Å². The molecule has 86 valence electrons. The Hall–Kier alpha value is -0.870. The summed E-state index contributed by atoms with van der Waals surface area (Å²) >= 11 is 3.48. The molecular formula is C12H15BrN2O. The van der Waals surface area contributed by atoms with E-state index in [1.54, 1.807) is 0 Å². The van der Waals surface area contributed by atoms with Gasteiger partial charge >= 0.3 is 0 Å². The van der Waals surface area contributed by atoms with Crippen molar-refractivity contribution in [1.29, 1.82) is 0 Å². The first-order chi connectivity index (χ1) is 7.65. The topological polar surface area (TPSA) is 55.1 Å². The number of nitrogens with two attached hydrogens (primary N) is 1. The summed E-state index contributed by atoms with van der Waals surface area (Å²) in [4.78, 5) is 10.7. The van der Waals surface area contributed by atoms with E-state index in [-0.39, 0.29) is 12.5 Å². The lowest BCUT2D eigenvalue weighted by molar-refractivity contribution is -0.117. The number of hydrogen-bond donors (Lipinski definition) is 2. The van der Waals surface area contributed by atoms with E-state index in [4.69, 9.17) is 5.73 Å². The Kier molecular flexibility index (Phi) is 3.61. The van der Waals surface area contributed by atoms with Crippen molar-refractivity contribution >= 4 is 21.8 Å². The molecule has 0 radical (unpaired) electrons. The van der Waals surface area contributed by atoms with Gasteiger partial charge in [-0.3, -0.25) is 4.79 Å². The summed E-state index contributed by atoms with van der Waals surface area (Å²) < 4.78 is 1.13. The molecule has 0 fully saturated rings. The van der Waals surface area contributed by atoms with Gasteiger partial charge in [0.25, 0.3) is 0 Å². The molecule has 1 aromatic rings. The number of halogens is 1. The Bertz CT molecular complexity index is 406. The van der Waals surface area contributed by atoms with Crippen molar-refractivity contribution in [3.05, 3.63) is 33.8 Å². The number of aryl methyl sites for hydroxylation is 1. The van der Waals surface area contributed by atoms with Crippen LogP contribution in [0.3, 0.4) is 0 Å². The van der Waals surface area contributed by atoms with Crippen LogP contribution in [0.25, 0.3) is 0 Å². The van der Waals surface area contributed by atoms with Gasteiger partial charge in [0.15, 0.2) is 0 Å². The zero-order valence-corrected chi connectivity index (χ0v) is 10.6. The van der Waals surface area contributed by atoms with Crippen molar-refractivity contribution in [2.24, 2.45) is 5.73 Å². The van der Waals surface area contributed by atoms with E-state index in [1.807, 2.05) is 0 Å². The van der Waals surface area contributed by atoms with Crippen molar-refractivity contribution in [2.75, 3.05) is 6.54 Å². The van der Waals surface area contributed by atoms with Crippen LogP contribution < -0.4 is 11.1 Å². The SMILES string of the molecule is NC(=O)CNC1CCc2cc(Br)ccc2C1. The second kappa shape index (κ2) is 4.97. The monoisotopic (exact) mass is 282 g/mol. The largest absolute Gasteiger partial charge is 0.369 e. The molecule has 2 rings (SSSR count). The van der Waals surface area contributed by atoms with Gasteiger partial charge in [-0.25, -0.2) is 0 Å². The average Bonchev–Trinajstić information content (AvgIpc) is 2.26. The van der Waals surface area contributed by atoms with Crippen LogP contribution in [0.2, 0.25) is 0 Å². The zero-order valence-electron chi connectivity index (χ0n) is 9.00. The van der Waals surface area contributed by atoms with Crippen LogP contribution >= 0.6 is 15.9 Å². The maximum atomic E-state index is 10.7. The predicted octanol–water partition coefficient (Wildman–Crippen LogP) is 1.38. The molecule has 0 spiro atoms. The van der Waals surface area contributed by atoms with Crippen molar-refractivity contribution in [1.82, 2.24) is 5.32 Å². The van der Waals surface area contributed by atoms with Crippen molar-refractivity contribution < 1.29 is 4.79 Å². The number of amides is 1. The van der Waals surface area contributed by atoms with Crippen molar-refractivity contribution in [2.45, 2.75) is 25.3 Å². The quantitative estimate of drug-likeness (QED) is 0.880. The van der Waals surface area contributed by atoms with Crippen LogP contribution in [-0.4, -0.2) is 18.5 Å². The Morgan fingerprint density at radius 1 is 1.50 bits per heavy atom. The molecular weight excluding hydrogens is 268 g/mol. The van der Waals surface area contributed by atoms with Gasteiger partial charge in [-0.2, -0.15) is 0 Å². The van der Waals surface area contributed by atoms with E-state index in [0.717, 1.165) is 23.7 Å². The Balaban J connectivity index is 2.01. The lowest BCUT2D eigenvalue weighted by atomic mass is 9.88. The van der Waals surface area contributed by atoms with E-state index >= 15 is 0 Å². The summed E-state index contributed by atoms with van der Waals surface area (Å²) in [5.74, 6) is -0.290. The third-order valence-electron chi connectivity index (χ3n) is 2.96. The minimum atomic E-state index is -0.290. The molecule has 3 N–H and O–H groups in total. The summed E-state index contributed by atoms with van der Waals surface area (Å²) in [7, 11) is 0. The van der Waals surface area contributed by atoms with Gasteiger partial charge in [-0.15, -0.1) is 0 Å². The predicted molar refractivity (Wildman–Crippen MR) is 67.2 cm³/mol. The Morgan fingerprint density at radius 2 is 2.31 bits per heavy atom. The standard InChI is InChI=1S/C12H15BrN2O/c13-10-3-1-9-6-11(15-7-12(14)16)4-2-8(9)5-10/h1,3,5,11,15H,2,4,6-7H2,(H2,14,16). The molecule has 0 bridgehead atoms. The molecule has 0 heterocycles. The van der Waals surface area contributed by atoms with E-state index in [0.29, 0.717) is 6.04 Å². The third-order valence-corrected chi connectivity index (χ3v) is 3.45. The van der Waals surface area contributed by atoms with Gasteiger partial charge in [-0.1, -0.05) is 22.0 Å². The van der Waals surface area contributed by atoms with E-state index in [2.05, 4.69) is 39.4 Å². The highest BCUT2D eigenvalue weighted by molar-refractivity contribution is 9.10. The molecule has 0 saturated heterocycles. The van der Waals surface area contributed by atoms with Crippen LogP contribution in [0.15, 0.2) is 22.7 Å². The number of rotatable bonds is 3. The lowest BCUT2D eigenvalue weighted by Gasteiger charge is -2.25. The second-order valence-corrected chi connectivity index (χ2v) is 5.12. The zero-order chi connectivity index (χ0) is 11.5. The van der Waals surface area contributed by atoms with Gasteiger partial charge in [0, 0.05) is 10.5 Å². The third kappa shape index (κ3) is 2.83. The highest BCUT2D eigenvalue weighted by Crippen LogP contribution is 2.24. The number of carbonyl (C=O) groups excluding carboxylic acids is 1. The highest BCUT2D eigenvalue weighted by Gasteiger charge is 2.18. The van der Waals surface area contributed by atoms with Crippen molar-refractivity contribution in [3.63, 3.8) is 0 Å². The van der Waals surface area contributed by atoms with E-state index < -0.39 is 0 Å². The van der Waals surface area contributed by atoms with Crippen molar-refractivity contribution in [3.8, 4) is 0 Å². The molecule has 1 aliphatic rings. The molecule has 1 atom stereocenters. The van der Waals surface area contributed by atoms with Crippen LogP contribution in [0, 0.1) is 0 Å². The number of carbonyl (C=O) groups is 1. The molecule has 0 aromatic heterocycles. The number of hydrogen-bond acceptors (Lipinski definition) is 2. The molecule has 0 aliphatic heterocycles. The van der Waals surface area contributed by atoms with Gasteiger partial charge in [0.2, 0.25) is 5.91 Å². The van der Waals surface area contributed by atoms with Crippen LogP contribution in [-0.2, 0) is 17.6 Å². The minimum Gasteiger partial charge on any atom is -0.369 e. The van der Waals surface area contributed by atoms with Crippen LogP contribution in [0.4, 0.5) is 0 Å². The number of nitrogens with one attached hydrogen (secondary N) is 1. The molecule has 0 saturated carbocycles. The Morgan fingerprint density at radius 3 is 3.06 bits per heavy atom. The maximum Gasteiger partial charge on any atom is 0.231 e. The number of primary amides is 1. The minimum absolute atomic E-state index is 0.274. The molecule has 1 aromatic carbocycles. The first-order valence-electron chi connectivity index (χ1n) is 5.44. The molecule has 16 heavy (non-hydrogen) atoms. The highest BCUT2D eigenvalue weighted by atomic mass is 79.9. The smallest absolute Gasteiger partial charge is 0.231 e. The van der Waals surface area contributed by atoms with Gasteiger partial charge < -0.3 is 11.1 Å². The summed E-state index contributed by atoms with van der Waals surface area (Å²) in [6.07, 6.45) is 3.11. The molecule has 1 unspecified atom stereocenters. The normalized spacial score (nSPS) is 19.2. The molecule has 3 nitrogen and oxygen atoms in total. The van der Waals surface area contributed by atoms with Crippen LogP contribution in [0.5, 0.6) is 0 Å². The van der Waals surface area contributed by atoms with Gasteiger partial charge in [-0.05, 0) is 42.5 Å². The summed E-state index contributed by atoms with van der Waals surface area (Å²) in [5, 5.41) is 3.19. The summed E-state index contributed by atoms with van der Waals surface area (Å²) in [6, 6.07) is 6.77. The molecule has 1 aliphatic carbocycles. The lowest BCUT2D eigenvalue weighted by Crippen LogP contribution is -2.39. The van der Waals surface area contributed by atoms with E-state index in [1.165, 1.54) is 11.1 Å². The fourth-order valence-electron chi connectivity index (χ4n) is 2.14. The molecule has 1 amide bonds. The number of benzene rings is 1. The summed E-state index contributed by atoms with van der Waals surface area (Å²) in [6.45, 7) is 0.274. The average molecular weight is 283 g/mol. The summed E-state index contributed by atoms with van der Waals surface area (Å²) in [5.41, 5.74) is 7.90. The van der Waals surface area contributed by atoms with Crippen LogP contribution in [0.1, 0.15) is 17.5 Å². The fraction of sp³-hybridized carbons (Fsp3) is 0.417. The Labute approximate surface area is 104 Å².